The van der Waals surface area contributed by atoms with Crippen molar-refractivity contribution in [2.24, 2.45) is 17.8 Å². The monoisotopic (exact) mass is 883 g/mol. The summed E-state index contributed by atoms with van der Waals surface area (Å²) in [6, 6.07) is -0.300. The van der Waals surface area contributed by atoms with Crippen molar-refractivity contribution in [3.63, 3.8) is 0 Å². The van der Waals surface area contributed by atoms with Crippen molar-refractivity contribution in [1.82, 2.24) is 9.80 Å². The van der Waals surface area contributed by atoms with Crippen LogP contribution in [0.2, 0.25) is 0 Å². The second-order valence-corrected chi connectivity index (χ2v) is 19.1. The smallest absolute Gasteiger partial charge is 0.306 e. The molecule has 3 fully saturated rings. The standard InChI is InChI=1S/C47H82N2O13/c1-28-24-34(22-23-50)38(61-46-43(52)42(49(10)11)44(32(5)59-46)62-41-27-47(7,55-13)45(53)33(6)58-41)26-37(54-12)29(2)25-39(51)56-30(3)18-16-14-15-17-19-36(28)60-40-21-20-35(48(8)9)31(4)57-40/h14,16-17,19,23,28-38,40-46,52-53H,15,18,20-22,24-27H2,1-13H3/b16-14+,19-17+/t28-,29?,30?,31?,32?,33?,34-,35+,36-,37-,38-,40-,41-,42?,43?,44-,45-,46-,47?/m0/s1. The first-order valence-corrected chi connectivity index (χ1v) is 23.0. The van der Waals surface area contributed by atoms with E-state index in [1.807, 2.05) is 52.8 Å². The summed E-state index contributed by atoms with van der Waals surface area (Å²) in [6.07, 6.45) is 5.73. The van der Waals surface area contributed by atoms with Gasteiger partial charge in [0.15, 0.2) is 18.9 Å². The average molecular weight is 883 g/mol. The number of hydrogen-bond acceptors (Lipinski definition) is 15. The van der Waals surface area contributed by atoms with E-state index in [1.54, 1.807) is 21.1 Å². The van der Waals surface area contributed by atoms with Gasteiger partial charge in [0.05, 0.1) is 54.7 Å². The summed E-state index contributed by atoms with van der Waals surface area (Å²) in [5, 5.41) is 23.0. The van der Waals surface area contributed by atoms with Crippen molar-refractivity contribution in [3.05, 3.63) is 24.3 Å². The number of cyclic esters (lactones) is 1. The van der Waals surface area contributed by atoms with Gasteiger partial charge in [-0.05, 0) is 106 Å². The average Bonchev–Trinajstić information content (AvgIpc) is 3.20. The van der Waals surface area contributed by atoms with Gasteiger partial charge >= 0.3 is 5.97 Å². The van der Waals surface area contributed by atoms with Gasteiger partial charge in [-0.1, -0.05) is 38.2 Å². The van der Waals surface area contributed by atoms with E-state index >= 15 is 0 Å². The number of nitrogens with zero attached hydrogens (tertiary/aromatic N) is 2. The first-order chi connectivity index (χ1) is 29.3. The molecule has 19 atom stereocenters. The van der Waals surface area contributed by atoms with Gasteiger partial charge in [0.2, 0.25) is 0 Å². The molecule has 4 aliphatic heterocycles. The van der Waals surface area contributed by atoms with E-state index in [-0.39, 0.29) is 61.3 Å². The Hall–Kier alpha value is -1.86. The topological polar surface area (TPSA) is 164 Å². The Labute approximate surface area is 372 Å². The van der Waals surface area contributed by atoms with Gasteiger partial charge in [-0.15, -0.1) is 0 Å². The fourth-order valence-corrected chi connectivity index (χ4v) is 9.78. The minimum absolute atomic E-state index is 0.00709. The summed E-state index contributed by atoms with van der Waals surface area (Å²) in [7, 11) is 11.0. The number of aliphatic hydroxyl groups is 2. The van der Waals surface area contributed by atoms with Gasteiger partial charge in [0.1, 0.15) is 30.7 Å². The summed E-state index contributed by atoms with van der Waals surface area (Å²) in [5.41, 5.74) is -0.898. The van der Waals surface area contributed by atoms with Crippen molar-refractivity contribution in [1.29, 1.82) is 0 Å². The van der Waals surface area contributed by atoms with Gasteiger partial charge in [0.25, 0.3) is 0 Å². The molecule has 8 unspecified atom stereocenters. The van der Waals surface area contributed by atoms with Crippen LogP contribution < -0.4 is 0 Å². The van der Waals surface area contributed by atoms with Crippen molar-refractivity contribution in [2.45, 2.75) is 204 Å². The van der Waals surface area contributed by atoms with E-state index in [2.05, 4.69) is 51.1 Å². The van der Waals surface area contributed by atoms with E-state index in [0.717, 1.165) is 19.1 Å². The maximum absolute atomic E-state index is 13.2. The number of hydrogen-bond donors (Lipinski definition) is 2. The number of methoxy groups -OCH3 is 2. The predicted molar refractivity (Wildman–Crippen MR) is 234 cm³/mol. The highest BCUT2D eigenvalue weighted by Gasteiger charge is 2.51. The molecular formula is C47H82N2O13. The fraction of sp³-hybridized carbons (Fsp3) is 0.872. The molecule has 0 saturated carbocycles. The lowest BCUT2D eigenvalue weighted by molar-refractivity contribution is -0.341. The third kappa shape index (κ3) is 14.3. The summed E-state index contributed by atoms with van der Waals surface area (Å²) in [4.78, 5) is 29.8. The molecule has 0 radical (unpaired) electrons. The van der Waals surface area contributed by atoms with Crippen molar-refractivity contribution < 1.29 is 62.4 Å². The molecule has 0 amide bonds. The molecule has 0 aromatic heterocycles. The SMILES string of the molecule is CO[C@H]1C[C@H](O[C@@H]2OC(C)[C@H](O[C@H]3CC(C)(OC)[C@@H](O)C(C)O3)C(N(C)C)C2O)[C@@H](CC=O)C[C@H](C)[C@@H](O[C@H]2CC[C@@H](N(C)C)C(C)O2)/C=C/C/C=C/CC(C)OC(=O)CC1C. The van der Waals surface area contributed by atoms with Crippen LogP contribution in [0.1, 0.15) is 106 Å². The number of likely N-dealkylation sites (N-methyl/N-ethyl adjacent to an activating group) is 2. The number of aliphatic hydroxyl groups excluding tert-OH is 2. The third-order valence-electron chi connectivity index (χ3n) is 13.7. The first-order valence-electron chi connectivity index (χ1n) is 23.0. The molecule has 0 spiro atoms. The Bertz CT molecular complexity index is 1420. The van der Waals surface area contributed by atoms with Crippen LogP contribution in [0.25, 0.3) is 0 Å². The molecule has 0 bridgehead atoms. The summed E-state index contributed by atoms with van der Waals surface area (Å²) in [5.74, 6) is -1.01. The highest BCUT2D eigenvalue weighted by Crippen LogP contribution is 2.38. The number of ether oxygens (including phenoxy) is 9. The number of esters is 1. The van der Waals surface area contributed by atoms with Crippen LogP contribution >= 0.6 is 0 Å². The van der Waals surface area contributed by atoms with Gasteiger partial charge in [-0.3, -0.25) is 4.79 Å². The highest BCUT2D eigenvalue weighted by atomic mass is 16.7. The highest BCUT2D eigenvalue weighted by molar-refractivity contribution is 5.69. The van der Waals surface area contributed by atoms with Crippen LogP contribution in [0, 0.1) is 17.8 Å². The van der Waals surface area contributed by atoms with Crippen LogP contribution in [0.3, 0.4) is 0 Å². The van der Waals surface area contributed by atoms with E-state index in [9.17, 15) is 19.8 Å². The Morgan fingerprint density at radius 2 is 1.53 bits per heavy atom. The van der Waals surface area contributed by atoms with Crippen molar-refractivity contribution >= 4 is 12.3 Å². The van der Waals surface area contributed by atoms with E-state index in [0.29, 0.717) is 31.7 Å². The van der Waals surface area contributed by atoms with Crippen LogP contribution in [0.4, 0.5) is 0 Å². The minimum atomic E-state index is -1.19. The molecule has 4 aliphatic rings. The van der Waals surface area contributed by atoms with Gasteiger partial charge in [-0.2, -0.15) is 0 Å². The maximum Gasteiger partial charge on any atom is 0.306 e. The molecule has 15 heteroatoms. The molecule has 4 rings (SSSR count). The molecule has 4 heterocycles. The zero-order valence-corrected chi connectivity index (χ0v) is 39.9. The Kier molecular flexibility index (Phi) is 20.9. The second kappa shape index (κ2) is 24.6. The van der Waals surface area contributed by atoms with Gasteiger partial charge in [-0.25, -0.2) is 0 Å². The zero-order valence-electron chi connectivity index (χ0n) is 39.9. The third-order valence-corrected chi connectivity index (χ3v) is 13.7. The van der Waals surface area contributed by atoms with Gasteiger partial charge in [0, 0.05) is 45.9 Å². The van der Waals surface area contributed by atoms with Crippen LogP contribution in [0.5, 0.6) is 0 Å². The molecule has 15 nitrogen and oxygen atoms in total. The maximum atomic E-state index is 13.2. The number of carbonyl (C=O) groups is 2. The normalized spacial score (nSPS) is 44.6. The molecule has 0 aromatic rings. The fourth-order valence-electron chi connectivity index (χ4n) is 9.78. The summed E-state index contributed by atoms with van der Waals surface area (Å²) >= 11 is 0. The quantitative estimate of drug-likeness (QED) is 0.152. The number of rotatable bonds is 12. The first kappa shape index (κ1) is 52.8. The van der Waals surface area contributed by atoms with Crippen LogP contribution in [-0.2, 0) is 52.2 Å². The number of aldehydes is 1. The Morgan fingerprint density at radius 1 is 0.823 bits per heavy atom. The second-order valence-electron chi connectivity index (χ2n) is 19.1. The molecule has 2 N–H and O–H groups in total. The summed E-state index contributed by atoms with van der Waals surface area (Å²) < 4.78 is 57.0. The van der Waals surface area contributed by atoms with Crippen molar-refractivity contribution in [2.75, 3.05) is 42.4 Å². The molecule has 3 saturated heterocycles. The Balaban J connectivity index is 1.66. The minimum Gasteiger partial charge on any atom is -0.462 e. The molecule has 0 aromatic carbocycles. The lowest BCUT2D eigenvalue weighted by Gasteiger charge is -2.50. The lowest BCUT2D eigenvalue weighted by atomic mass is 9.82. The summed E-state index contributed by atoms with van der Waals surface area (Å²) in [6.45, 7) is 13.5. The van der Waals surface area contributed by atoms with Crippen LogP contribution in [0.15, 0.2) is 24.3 Å². The van der Waals surface area contributed by atoms with Gasteiger partial charge < -0.3 is 67.4 Å². The van der Waals surface area contributed by atoms with E-state index < -0.39 is 73.2 Å². The largest absolute Gasteiger partial charge is 0.462 e. The Morgan fingerprint density at radius 3 is 2.16 bits per heavy atom. The van der Waals surface area contributed by atoms with E-state index in [1.165, 1.54) is 0 Å². The lowest BCUT2D eigenvalue weighted by Crippen LogP contribution is -2.65. The molecule has 0 aliphatic carbocycles. The van der Waals surface area contributed by atoms with Crippen molar-refractivity contribution in [3.8, 4) is 0 Å². The zero-order chi connectivity index (χ0) is 45.9. The number of carbonyl (C=O) groups excluding carboxylic acids is 2. The van der Waals surface area contributed by atoms with Crippen LogP contribution in [-0.4, -0.2) is 172 Å². The molecule has 62 heavy (non-hydrogen) atoms. The molecule has 358 valence electrons. The molecular weight excluding hydrogens is 801 g/mol. The predicted octanol–water partition coefficient (Wildman–Crippen LogP) is 5.03. The number of allylic oxidation sites excluding steroid dienone is 2. The van der Waals surface area contributed by atoms with E-state index in [4.69, 9.17) is 42.6 Å².